The molecule has 35 heavy (non-hydrogen) atoms. The van der Waals surface area contributed by atoms with E-state index in [2.05, 4.69) is 11.5 Å². The summed E-state index contributed by atoms with van der Waals surface area (Å²) in [6, 6.07) is 10.0. The summed E-state index contributed by atoms with van der Waals surface area (Å²) < 4.78 is 25.9. The van der Waals surface area contributed by atoms with Gasteiger partial charge in [0.05, 0.1) is 24.8 Å². The molecule has 0 aliphatic carbocycles. The number of carbonyl (C=O) groups is 2. The van der Waals surface area contributed by atoms with Crippen molar-refractivity contribution >= 4 is 17.4 Å². The van der Waals surface area contributed by atoms with Gasteiger partial charge in [0, 0.05) is 37.3 Å². The monoisotopic (exact) mass is 480 g/mol. The fraction of sp³-hybridized carbons (Fsp3) is 0.333. The lowest BCUT2D eigenvalue weighted by Gasteiger charge is -2.31. The van der Waals surface area contributed by atoms with E-state index in [1.165, 1.54) is 11.0 Å². The van der Waals surface area contributed by atoms with Gasteiger partial charge in [-0.3, -0.25) is 14.5 Å². The van der Waals surface area contributed by atoms with Gasteiger partial charge in [0.15, 0.2) is 0 Å². The van der Waals surface area contributed by atoms with Crippen molar-refractivity contribution in [3.05, 3.63) is 83.2 Å². The van der Waals surface area contributed by atoms with E-state index in [4.69, 9.17) is 9.47 Å². The van der Waals surface area contributed by atoms with E-state index >= 15 is 0 Å². The van der Waals surface area contributed by atoms with Crippen molar-refractivity contribution in [1.29, 1.82) is 0 Å². The van der Waals surface area contributed by atoms with Gasteiger partial charge in [-0.15, -0.1) is 0 Å². The summed E-state index contributed by atoms with van der Waals surface area (Å²) in [7, 11) is 0. The fourth-order valence-corrected chi connectivity index (χ4v) is 4.50. The maximum atomic E-state index is 14.9. The number of aryl methyl sites for hydroxylation is 1. The summed E-state index contributed by atoms with van der Waals surface area (Å²) in [6.07, 6.45) is 1.62. The maximum absolute atomic E-state index is 14.9. The highest BCUT2D eigenvalue weighted by Gasteiger charge is 2.47. The Morgan fingerprint density at radius 1 is 1.20 bits per heavy atom. The number of likely N-dealkylation sites (tertiary alicyclic amines) is 1. The zero-order chi connectivity index (χ0) is 24.9. The van der Waals surface area contributed by atoms with Crippen molar-refractivity contribution < 1.29 is 28.6 Å². The predicted octanol–water partition coefficient (Wildman–Crippen LogP) is 3.45. The second-order valence-corrected chi connectivity index (χ2v) is 8.54. The first-order valence-corrected chi connectivity index (χ1v) is 11.6. The number of carbonyl (C=O) groups excluding carboxylic acids is 2. The third-order valence-electron chi connectivity index (χ3n) is 6.32. The lowest BCUT2D eigenvalue weighted by atomic mass is 9.93. The Bertz CT molecular complexity index is 1160. The van der Waals surface area contributed by atoms with Gasteiger partial charge in [0.25, 0.3) is 11.7 Å². The highest BCUT2D eigenvalue weighted by molar-refractivity contribution is 6.46. The molecule has 184 valence electrons. The maximum Gasteiger partial charge on any atom is 0.295 e. The number of ketones is 1. The lowest BCUT2D eigenvalue weighted by molar-refractivity contribution is -0.140. The number of amides is 1. The first-order chi connectivity index (χ1) is 16.9. The van der Waals surface area contributed by atoms with E-state index in [0.717, 1.165) is 0 Å². The van der Waals surface area contributed by atoms with Crippen molar-refractivity contribution in [3.8, 4) is 5.75 Å². The van der Waals surface area contributed by atoms with Crippen LogP contribution in [-0.4, -0.2) is 72.6 Å². The van der Waals surface area contributed by atoms with E-state index in [-0.39, 0.29) is 23.4 Å². The Kier molecular flexibility index (Phi) is 7.63. The van der Waals surface area contributed by atoms with Crippen LogP contribution in [0, 0.1) is 12.7 Å². The molecule has 1 atom stereocenters. The third-order valence-corrected chi connectivity index (χ3v) is 6.32. The SMILES string of the molecule is C=CCOc1ccc(/C(O)=C2\C(=O)C(=O)N(CCN3CCOCC3)C2c2ccccc2F)c(C)c1. The van der Waals surface area contributed by atoms with E-state index in [1.807, 2.05) is 0 Å². The van der Waals surface area contributed by atoms with Crippen LogP contribution in [0.4, 0.5) is 4.39 Å². The number of aliphatic hydroxyl groups is 1. The van der Waals surface area contributed by atoms with Gasteiger partial charge in [-0.05, 0) is 36.8 Å². The van der Waals surface area contributed by atoms with Crippen LogP contribution in [0.3, 0.4) is 0 Å². The Labute approximate surface area is 204 Å². The Hall–Kier alpha value is -3.49. The van der Waals surface area contributed by atoms with Crippen LogP contribution in [0.2, 0.25) is 0 Å². The van der Waals surface area contributed by atoms with E-state index in [0.29, 0.717) is 56.3 Å². The first-order valence-electron chi connectivity index (χ1n) is 11.6. The minimum atomic E-state index is -1.03. The quantitative estimate of drug-likeness (QED) is 0.270. The molecule has 8 heteroatoms. The average molecular weight is 481 g/mol. The molecule has 0 radical (unpaired) electrons. The van der Waals surface area contributed by atoms with Crippen LogP contribution in [-0.2, 0) is 14.3 Å². The molecule has 1 amide bonds. The molecule has 2 aromatic rings. The molecule has 2 heterocycles. The molecule has 0 bridgehead atoms. The number of rotatable bonds is 8. The number of nitrogens with zero attached hydrogens (tertiary/aromatic N) is 2. The molecular weight excluding hydrogens is 451 g/mol. The molecule has 1 unspecified atom stereocenters. The van der Waals surface area contributed by atoms with Gasteiger partial charge >= 0.3 is 0 Å². The van der Waals surface area contributed by atoms with Crippen molar-refractivity contribution in [3.63, 3.8) is 0 Å². The molecule has 2 fully saturated rings. The molecule has 4 rings (SSSR count). The number of halogens is 1. The summed E-state index contributed by atoms with van der Waals surface area (Å²) in [5.41, 5.74) is 1.07. The second kappa shape index (κ2) is 10.8. The van der Waals surface area contributed by atoms with Gasteiger partial charge < -0.3 is 19.5 Å². The smallest absolute Gasteiger partial charge is 0.295 e. The topological polar surface area (TPSA) is 79.3 Å². The standard InChI is InChI=1S/C27H29FN2O5/c1-3-14-35-19-8-9-20(18(2)17-19)25(31)23-24(21-6-4-5-7-22(21)28)30(27(33)26(23)32)11-10-29-12-15-34-16-13-29/h3-9,17,24,31H,1,10-16H2,2H3/b25-23+. The molecular formula is C27H29FN2O5. The average Bonchev–Trinajstić information content (AvgIpc) is 3.11. The van der Waals surface area contributed by atoms with Crippen LogP contribution >= 0.6 is 0 Å². The molecule has 2 saturated heterocycles. The number of aliphatic hydroxyl groups excluding tert-OH is 1. The number of benzene rings is 2. The van der Waals surface area contributed by atoms with E-state index in [9.17, 15) is 19.1 Å². The molecule has 1 N–H and O–H groups in total. The van der Waals surface area contributed by atoms with E-state index in [1.54, 1.807) is 49.4 Å². The summed E-state index contributed by atoms with van der Waals surface area (Å²) in [6.45, 7) is 9.07. The zero-order valence-electron chi connectivity index (χ0n) is 19.7. The summed E-state index contributed by atoms with van der Waals surface area (Å²) in [4.78, 5) is 29.8. The Morgan fingerprint density at radius 3 is 2.63 bits per heavy atom. The number of ether oxygens (including phenoxy) is 2. The molecule has 0 spiro atoms. The van der Waals surface area contributed by atoms with Crippen molar-refractivity contribution in [1.82, 2.24) is 9.80 Å². The summed E-state index contributed by atoms with van der Waals surface area (Å²) in [5, 5.41) is 11.3. The van der Waals surface area contributed by atoms with Gasteiger partial charge in [-0.1, -0.05) is 30.9 Å². The molecule has 0 saturated carbocycles. The molecule has 0 aromatic heterocycles. The lowest BCUT2D eigenvalue weighted by Crippen LogP contribution is -2.42. The van der Waals surface area contributed by atoms with Crippen LogP contribution in [0.1, 0.15) is 22.7 Å². The Balaban J connectivity index is 1.74. The predicted molar refractivity (Wildman–Crippen MR) is 130 cm³/mol. The zero-order valence-corrected chi connectivity index (χ0v) is 19.7. The summed E-state index contributed by atoms with van der Waals surface area (Å²) >= 11 is 0. The normalized spacial score (nSPS) is 20.3. The van der Waals surface area contributed by atoms with Crippen molar-refractivity contribution in [2.24, 2.45) is 0 Å². The number of hydrogen-bond acceptors (Lipinski definition) is 6. The number of morpholine rings is 1. The Morgan fingerprint density at radius 2 is 1.94 bits per heavy atom. The van der Waals surface area contributed by atoms with Gasteiger partial charge in [-0.25, -0.2) is 4.39 Å². The van der Waals surface area contributed by atoms with E-state index < -0.39 is 23.5 Å². The van der Waals surface area contributed by atoms with Crippen molar-refractivity contribution in [2.45, 2.75) is 13.0 Å². The van der Waals surface area contributed by atoms with Crippen LogP contribution in [0.25, 0.3) is 5.76 Å². The van der Waals surface area contributed by atoms with Crippen LogP contribution in [0.5, 0.6) is 5.75 Å². The van der Waals surface area contributed by atoms with Crippen molar-refractivity contribution in [2.75, 3.05) is 46.0 Å². The van der Waals surface area contributed by atoms with Gasteiger partial charge in [-0.2, -0.15) is 0 Å². The largest absolute Gasteiger partial charge is 0.507 e. The first kappa shape index (κ1) is 24.6. The molecule has 2 aliphatic heterocycles. The number of Topliss-reactive ketones (excluding diaryl/α,β-unsaturated/α-hetero) is 1. The number of hydrogen-bond donors (Lipinski definition) is 1. The highest BCUT2D eigenvalue weighted by atomic mass is 19.1. The van der Waals surface area contributed by atoms with Gasteiger partial charge in [0.1, 0.15) is 23.9 Å². The highest BCUT2D eigenvalue weighted by Crippen LogP contribution is 2.40. The molecule has 2 aromatic carbocycles. The fourth-order valence-electron chi connectivity index (χ4n) is 4.50. The van der Waals surface area contributed by atoms with Crippen LogP contribution < -0.4 is 4.74 Å². The van der Waals surface area contributed by atoms with Crippen LogP contribution in [0.15, 0.2) is 60.7 Å². The third kappa shape index (κ3) is 5.13. The molecule has 7 nitrogen and oxygen atoms in total. The minimum absolute atomic E-state index is 0.120. The van der Waals surface area contributed by atoms with Gasteiger partial charge in [0.2, 0.25) is 0 Å². The summed E-state index contributed by atoms with van der Waals surface area (Å²) in [5.74, 6) is -1.89. The molecule has 2 aliphatic rings. The second-order valence-electron chi connectivity index (χ2n) is 8.54. The minimum Gasteiger partial charge on any atom is -0.507 e.